The van der Waals surface area contributed by atoms with Gasteiger partial charge in [-0.1, -0.05) is 12.1 Å². The molecule has 2 N–H and O–H groups in total. The second-order valence-corrected chi connectivity index (χ2v) is 4.00. The fourth-order valence-corrected chi connectivity index (χ4v) is 2.42. The molecule has 2 heteroatoms. The van der Waals surface area contributed by atoms with Crippen molar-refractivity contribution in [1.82, 2.24) is 5.32 Å². The zero-order valence-electron chi connectivity index (χ0n) is 8.59. The van der Waals surface area contributed by atoms with Gasteiger partial charge in [-0.2, -0.15) is 0 Å². The topological polar surface area (TPSA) is 32.3 Å². The quantitative estimate of drug-likeness (QED) is 0.749. The van der Waals surface area contributed by atoms with Gasteiger partial charge in [-0.15, -0.1) is 0 Å². The molecular formula is C12H17NO. The number of likely N-dealkylation sites (N-methyl/N-ethyl adjacent to an activating group) is 1. The third-order valence-electron chi connectivity index (χ3n) is 3.03. The fourth-order valence-electron chi connectivity index (χ4n) is 2.42. The number of hydrogen-bond donors (Lipinski definition) is 2. The predicted octanol–water partition coefficient (Wildman–Crippen LogP) is 2.03. The molecule has 0 radical (unpaired) electrons. The number of nitrogens with one attached hydrogen (secondary N) is 1. The van der Waals surface area contributed by atoms with Crippen LogP contribution < -0.4 is 5.32 Å². The van der Waals surface area contributed by atoms with Gasteiger partial charge < -0.3 is 10.4 Å². The molecule has 14 heavy (non-hydrogen) atoms. The zero-order valence-corrected chi connectivity index (χ0v) is 8.59. The Kier molecular flexibility index (Phi) is 2.73. The molecule has 1 aromatic rings. The molecule has 1 atom stereocenters. The number of phenols is 1. The fraction of sp³-hybridized carbons (Fsp3) is 0.500. The van der Waals surface area contributed by atoms with E-state index < -0.39 is 0 Å². The highest BCUT2D eigenvalue weighted by Crippen LogP contribution is 2.36. The molecule has 1 aliphatic carbocycles. The van der Waals surface area contributed by atoms with E-state index in [-0.39, 0.29) is 0 Å². The van der Waals surface area contributed by atoms with Crippen LogP contribution >= 0.6 is 0 Å². The van der Waals surface area contributed by atoms with E-state index in [9.17, 15) is 5.11 Å². The lowest BCUT2D eigenvalue weighted by atomic mass is 9.82. The van der Waals surface area contributed by atoms with Crippen LogP contribution in [0.25, 0.3) is 0 Å². The summed E-state index contributed by atoms with van der Waals surface area (Å²) in [5, 5.41) is 13.0. The summed E-state index contributed by atoms with van der Waals surface area (Å²) in [6, 6.07) is 5.87. The lowest BCUT2D eigenvalue weighted by molar-refractivity contribution is 0.441. The van der Waals surface area contributed by atoms with Crippen molar-refractivity contribution in [2.45, 2.75) is 25.2 Å². The van der Waals surface area contributed by atoms with E-state index in [0.29, 0.717) is 11.7 Å². The summed E-state index contributed by atoms with van der Waals surface area (Å²) in [6.07, 6.45) is 3.54. The molecule has 1 aliphatic rings. The highest BCUT2D eigenvalue weighted by molar-refractivity contribution is 5.43. The van der Waals surface area contributed by atoms with Crippen LogP contribution in [-0.4, -0.2) is 18.7 Å². The number of benzene rings is 1. The average molecular weight is 191 g/mol. The maximum absolute atomic E-state index is 9.83. The lowest BCUT2D eigenvalue weighted by Gasteiger charge is -2.26. The number of aryl methyl sites for hydroxylation is 1. The number of phenolic OH excluding ortho intramolecular Hbond substituents is 1. The Balaban J connectivity index is 2.36. The Labute approximate surface area is 85.0 Å². The van der Waals surface area contributed by atoms with Gasteiger partial charge in [0.2, 0.25) is 0 Å². The first-order valence-corrected chi connectivity index (χ1v) is 5.28. The zero-order chi connectivity index (χ0) is 9.97. The van der Waals surface area contributed by atoms with E-state index in [1.165, 1.54) is 24.0 Å². The first kappa shape index (κ1) is 9.53. The van der Waals surface area contributed by atoms with Gasteiger partial charge in [-0.25, -0.2) is 0 Å². The summed E-state index contributed by atoms with van der Waals surface area (Å²) in [5.74, 6) is 0.965. The molecule has 0 saturated heterocycles. The van der Waals surface area contributed by atoms with Crippen LogP contribution in [0, 0.1) is 0 Å². The molecule has 0 bridgehead atoms. The molecule has 0 aliphatic heterocycles. The van der Waals surface area contributed by atoms with Crippen molar-refractivity contribution in [2.24, 2.45) is 0 Å². The molecular weight excluding hydrogens is 174 g/mol. The number of rotatable bonds is 2. The van der Waals surface area contributed by atoms with E-state index >= 15 is 0 Å². The van der Waals surface area contributed by atoms with E-state index in [0.717, 1.165) is 13.0 Å². The molecule has 0 fully saturated rings. The Morgan fingerprint density at radius 1 is 1.50 bits per heavy atom. The molecule has 0 saturated carbocycles. The van der Waals surface area contributed by atoms with Crippen molar-refractivity contribution in [3.8, 4) is 5.75 Å². The summed E-state index contributed by atoms with van der Waals surface area (Å²) in [6.45, 7) is 0.963. The van der Waals surface area contributed by atoms with Crippen molar-refractivity contribution in [2.75, 3.05) is 13.6 Å². The van der Waals surface area contributed by atoms with Crippen LogP contribution in [0.4, 0.5) is 0 Å². The maximum Gasteiger partial charge on any atom is 0.119 e. The van der Waals surface area contributed by atoms with Gasteiger partial charge in [0.05, 0.1) is 0 Å². The lowest BCUT2D eigenvalue weighted by Crippen LogP contribution is -2.21. The standard InChI is InChI=1S/C12H17NO/c1-13-8-10-6-2-4-9-5-3-7-11(14)12(9)10/h3,5,7,10,13-14H,2,4,6,8H2,1H3. The van der Waals surface area contributed by atoms with E-state index in [2.05, 4.69) is 11.4 Å². The van der Waals surface area contributed by atoms with Crippen LogP contribution in [0.15, 0.2) is 18.2 Å². The molecule has 0 aromatic heterocycles. The smallest absolute Gasteiger partial charge is 0.119 e. The van der Waals surface area contributed by atoms with Crippen molar-refractivity contribution in [1.29, 1.82) is 0 Å². The van der Waals surface area contributed by atoms with Crippen LogP contribution in [-0.2, 0) is 6.42 Å². The van der Waals surface area contributed by atoms with Crippen LogP contribution in [0.5, 0.6) is 5.75 Å². The second-order valence-electron chi connectivity index (χ2n) is 4.00. The number of aromatic hydroxyl groups is 1. The Bertz CT molecular complexity index is 322. The van der Waals surface area contributed by atoms with Crippen molar-refractivity contribution < 1.29 is 5.11 Å². The maximum atomic E-state index is 9.83. The minimum atomic E-state index is 0.474. The Hall–Kier alpha value is -1.02. The van der Waals surface area contributed by atoms with Crippen LogP contribution in [0.3, 0.4) is 0 Å². The van der Waals surface area contributed by atoms with Gasteiger partial charge >= 0.3 is 0 Å². The molecule has 1 unspecified atom stereocenters. The first-order valence-electron chi connectivity index (χ1n) is 5.28. The highest BCUT2D eigenvalue weighted by atomic mass is 16.3. The summed E-state index contributed by atoms with van der Waals surface area (Å²) in [7, 11) is 1.97. The van der Waals surface area contributed by atoms with Gasteiger partial charge in [0.25, 0.3) is 0 Å². The van der Waals surface area contributed by atoms with Gasteiger partial charge in [-0.3, -0.25) is 0 Å². The van der Waals surface area contributed by atoms with Crippen LogP contribution in [0.2, 0.25) is 0 Å². The second kappa shape index (κ2) is 4.01. The van der Waals surface area contributed by atoms with E-state index in [4.69, 9.17) is 0 Å². The molecule has 0 amide bonds. The monoisotopic (exact) mass is 191 g/mol. The van der Waals surface area contributed by atoms with E-state index in [1.54, 1.807) is 6.07 Å². The average Bonchev–Trinajstić information content (AvgIpc) is 2.19. The molecule has 0 spiro atoms. The number of hydrogen-bond acceptors (Lipinski definition) is 2. The number of fused-ring (bicyclic) bond motifs is 1. The van der Waals surface area contributed by atoms with Crippen molar-refractivity contribution >= 4 is 0 Å². The largest absolute Gasteiger partial charge is 0.508 e. The summed E-state index contributed by atoms with van der Waals surface area (Å²) in [4.78, 5) is 0. The third-order valence-corrected chi connectivity index (χ3v) is 3.03. The van der Waals surface area contributed by atoms with Gasteiger partial charge in [0.15, 0.2) is 0 Å². The van der Waals surface area contributed by atoms with Gasteiger partial charge in [0, 0.05) is 18.0 Å². The Morgan fingerprint density at radius 2 is 2.36 bits per heavy atom. The summed E-state index contributed by atoms with van der Waals surface area (Å²) < 4.78 is 0. The van der Waals surface area contributed by atoms with Gasteiger partial charge in [0.1, 0.15) is 5.75 Å². The Morgan fingerprint density at radius 3 is 3.14 bits per heavy atom. The minimum Gasteiger partial charge on any atom is -0.508 e. The minimum absolute atomic E-state index is 0.474. The predicted molar refractivity (Wildman–Crippen MR) is 57.7 cm³/mol. The summed E-state index contributed by atoms with van der Waals surface area (Å²) in [5.41, 5.74) is 2.50. The van der Waals surface area contributed by atoms with E-state index in [1.807, 2.05) is 13.1 Å². The molecule has 76 valence electrons. The molecule has 2 rings (SSSR count). The SMILES string of the molecule is CNCC1CCCc2cccc(O)c21. The normalized spacial score (nSPS) is 20.5. The first-order chi connectivity index (χ1) is 6.83. The third kappa shape index (κ3) is 1.62. The highest BCUT2D eigenvalue weighted by Gasteiger charge is 2.22. The van der Waals surface area contributed by atoms with Crippen LogP contribution in [0.1, 0.15) is 29.9 Å². The van der Waals surface area contributed by atoms with Crippen molar-refractivity contribution in [3.63, 3.8) is 0 Å². The van der Waals surface area contributed by atoms with Crippen molar-refractivity contribution in [3.05, 3.63) is 29.3 Å². The molecule has 2 nitrogen and oxygen atoms in total. The summed E-state index contributed by atoms with van der Waals surface area (Å²) >= 11 is 0. The molecule has 0 heterocycles. The molecule has 1 aromatic carbocycles. The van der Waals surface area contributed by atoms with Gasteiger partial charge in [-0.05, 0) is 37.9 Å².